The van der Waals surface area contributed by atoms with Crippen LogP contribution in [0.5, 0.6) is 5.88 Å². The molecule has 10 heteroatoms. The number of pyridine rings is 1. The largest absolute Gasteiger partial charge is 0.481 e. The van der Waals surface area contributed by atoms with E-state index in [1.165, 1.54) is 0 Å². The minimum absolute atomic E-state index is 0.164. The second kappa shape index (κ2) is 17.9. The molecule has 0 spiro atoms. The standard InChI is InChI=1S/C43H57N3O6Si/c1-42(2,3)51-41(49)46-39(35(32-19-14-11-15-20-32)28-30-17-12-10-13-18-30)37(52-53(8,9)43(4,5)6)29-34(44-40(47)48)27-31-23-25-33(26-24-31)36-21-16-22-38(45-36)50-7/h10-26,34-35,37,39,44H,27-29H2,1-9H3,(H,46,49)(H,47,48)/t34-,35?,37-,39-/m0/s1. The van der Waals surface area contributed by atoms with Gasteiger partial charge in [-0.2, -0.15) is 0 Å². The number of nitrogens with one attached hydrogen (secondary N) is 2. The van der Waals surface area contributed by atoms with Crippen LogP contribution in [-0.2, 0) is 22.0 Å². The molecular weight excluding hydrogens is 683 g/mol. The predicted molar refractivity (Wildman–Crippen MR) is 214 cm³/mol. The third-order valence-corrected chi connectivity index (χ3v) is 14.3. The lowest BCUT2D eigenvalue weighted by Gasteiger charge is -2.44. The van der Waals surface area contributed by atoms with Gasteiger partial charge in [-0.05, 0) is 80.9 Å². The molecular formula is C43H57N3O6Si. The Kier molecular flexibility index (Phi) is 13.9. The first kappa shape index (κ1) is 41.1. The molecule has 1 heterocycles. The summed E-state index contributed by atoms with van der Waals surface area (Å²) in [5.41, 5.74) is 4.05. The Labute approximate surface area is 316 Å². The quantitative estimate of drug-likeness (QED) is 0.104. The molecule has 4 aromatic rings. The summed E-state index contributed by atoms with van der Waals surface area (Å²) in [5, 5.41) is 16.0. The molecule has 284 valence electrons. The van der Waals surface area contributed by atoms with Gasteiger partial charge in [-0.3, -0.25) is 0 Å². The molecule has 3 N–H and O–H groups in total. The van der Waals surface area contributed by atoms with E-state index in [-0.39, 0.29) is 11.0 Å². The molecule has 1 aromatic heterocycles. The zero-order valence-corrected chi connectivity index (χ0v) is 33.7. The van der Waals surface area contributed by atoms with Crippen molar-refractivity contribution in [2.24, 2.45) is 0 Å². The zero-order chi connectivity index (χ0) is 38.8. The Morgan fingerprint density at radius 1 is 0.774 bits per heavy atom. The monoisotopic (exact) mass is 739 g/mol. The van der Waals surface area contributed by atoms with Crippen molar-refractivity contribution in [2.75, 3.05) is 7.11 Å². The van der Waals surface area contributed by atoms with Gasteiger partial charge >= 0.3 is 12.2 Å². The van der Waals surface area contributed by atoms with Crippen molar-refractivity contribution in [3.8, 4) is 17.1 Å². The first-order chi connectivity index (χ1) is 24.9. The topological polar surface area (TPSA) is 119 Å². The molecule has 4 atom stereocenters. The van der Waals surface area contributed by atoms with Gasteiger partial charge in [-0.25, -0.2) is 14.6 Å². The maximum absolute atomic E-state index is 13.8. The van der Waals surface area contributed by atoms with Crippen molar-refractivity contribution in [2.45, 2.75) is 109 Å². The molecule has 0 aliphatic rings. The van der Waals surface area contributed by atoms with E-state index in [1.54, 1.807) is 13.2 Å². The van der Waals surface area contributed by atoms with Gasteiger partial charge in [0.25, 0.3) is 0 Å². The molecule has 9 nitrogen and oxygen atoms in total. The molecule has 0 radical (unpaired) electrons. The molecule has 3 aromatic carbocycles. The van der Waals surface area contributed by atoms with Crippen LogP contribution in [0.1, 0.15) is 70.6 Å². The van der Waals surface area contributed by atoms with Crippen molar-refractivity contribution in [3.63, 3.8) is 0 Å². The van der Waals surface area contributed by atoms with Gasteiger partial charge in [0.2, 0.25) is 5.88 Å². The van der Waals surface area contributed by atoms with Crippen LogP contribution in [0.25, 0.3) is 11.3 Å². The van der Waals surface area contributed by atoms with E-state index >= 15 is 0 Å². The van der Waals surface area contributed by atoms with E-state index in [0.29, 0.717) is 25.1 Å². The third-order valence-electron chi connectivity index (χ3n) is 9.80. The van der Waals surface area contributed by atoms with Crippen LogP contribution in [0.3, 0.4) is 0 Å². The van der Waals surface area contributed by atoms with Crippen LogP contribution < -0.4 is 15.4 Å². The van der Waals surface area contributed by atoms with Crippen molar-refractivity contribution in [1.82, 2.24) is 15.6 Å². The molecule has 0 saturated heterocycles. The lowest BCUT2D eigenvalue weighted by Crippen LogP contribution is -2.56. The number of aromatic nitrogens is 1. The van der Waals surface area contributed by atoms with Crippen LogP contribution in [0.4, 0.5) is 9.59 Å². The molecule has 0 aliphatic heterocycles. The average Bonchev–Trinajstić information content (AvgIpc) is 3.09. The number of hydrogen-bond acceptors (Lipinski definition) is 6. The van der Waals surface area contributed by atoms with E-state index in [4.69, 9.17) is 13.9 Å². The summed E-state index contributed by atoms with van der Waals surface area (Å²) in [4.78, 5) is 30.7. The fourth-order valence-electron chi connectivity index (χ4n) is 6.17. The molecule has 1 unspecified atom stereocenters. The molecule has 0 aliphatic carbocycles. The number of amides is 2. The summed E-state index contributed by atoms with van der Waals surface area (Å²) in [7, 11) is -0.916. The van der Waals surface area contributed by atoms with E-state index in [0.717, 1.165) is 27.9 Å². The van der Waals surface area contributed by atoms with E-state index in [1.807, 2.05) is 93.6 Å². The van der Waals surface area contributed by atoms with Crippen LogP contribution >= 0.6 is 0 Å². The highest BCUT2D eigenvalue weighted by Gasteiger charge is 2.44. The van der Waals surface area contributed by atoms with Gasteiger partial charge in [0.05, 0.1) is 24.9 Å². The summed E-state index contributed by atoms with van der Waals surface area (Å²) < 4.78 is 18.5. The van der Waals surface area contributed by atoms with Gasteiger partial charge in [-0.15, -0.1) is 0 Å². The Balaban J connectivity index is 1.79. The summed E-state index contributed by atoms with van der Waals surface area (Å²) in [6.45, 7) is 16.4. The number of rotatable bonds is 15. The number of methoxy groups -OCH3 is 1. The summed E-state index contributed by atoms with van der Waals surface area (Å²) in [5.74, 6) is 0.293. The van der Waals surface area contributed by atoms with Gasteiger partial charge in [0.1, 0.15) is 5.60 Å². The number of alkyl carbamates (subject to hydrolysis) is 1. The number of carbonyl (C=O) groups excluding carboxylic acids is 1. The number of ether oxygens (including phenoxy) is 2. The number of benzene rings is 3. The van der Waals surface area contributed by atoms with Crippen molar-refractivity contribution < 1.29 is 28.6 Å². The Morgan fingerprint density at radius 2 is 1.38 bits per heavy atom. The van der Waals surface area contributed by atoms with Gasteiger partial charge in [0.15, 0.2) is 8.32 Å². The fraction of sp³-hybridized carbons (Fsp3) is 0.419. The van der Waals surface area contributed by atoms with Crippen LogP contribution in [0, 0.1) is 0 Å². The minimum atomic E-state index is -2.50. The van der Waals surface area contributed by atoms with Gasteiger partial charge in [0, 0.05) is 23.6 Å². The maximum atomic E-state index is 13.8. The first-order valence-corrected chi connectivity index (χ1v) is 21.2. The molecule has 0 fully saturated rings. The Bertz CT molecular complexity index is 1760. The number of hydrogen-bond donors (Lipinski definition) is 3. The lowest BCUT2D eigenvalue weighted by molar-refractivity contribution is 0.0385. The lowest BCUT2D eigenvalue weighted by atomic mass is 9.81. The Morgan fingerprint density at radius 3 is 1.94 bits per heavy atom. The normalized spacial score (nSPS) is 14.4. The van der Waals surface area contributed by atoms with Gasteiger partial charge in [-0.1, -0.05) is 112 Å². The number of carboxylic acid groups (broad SMARTS) is 1. The number of carbonyl (C=O) groups is 2. The van der Waals surface area contributed by atoms with Crippen molar-refractivity contribution >= 4 is 20.5 Å². The Hall–Kier alpha value is -4.67. The SMILES string of the molecule is COc1cccc(-c2ccc(C[C@@H](C[C@H](O[Si](C)(C)C(C)(C)C)[C@@H](NC(=O)OC(C)(C)C)C(Cc3ccccc3)c3ccccc3)NC(=O)O)cc2)n1. The molecule has 53 heavy (non-hydrogen) atoms. The summed E-state index contributed by atoms with van der Waals surface area (Å²) >= 11 is 0. The minimum Gasteiger partial charge on any atom is -0.481 e. The highest BCUT2D eigenvalue weighted by molar-refractivity contribution is 6.74. The van der Waals surface area contributed by atoms with E-state index < -0.39 is 44.3 Å². The zero-order valence-electron chi connectivity index (χ0n) is 32.7. The van der Waals surface area contributed by atoms with E-state index in [2.05, 4.69) is 73.7 Å². The number of nitrogens with zero attached hydrogens (tertiary/aromatic N) is 1. The smallest absolute Gasteiger partial charge is 0.407 e. The van der Waals surface area contributed by atoms with E-state index in [9.17, 15) is 14.7 Å². The van der Waals surface area contributed by atoms with Crippen LogP contribution in [-0.4, -0.2) is 61.5 Å². The van der Waals surface area contributed by atoms with Crippen molar-refractivity contribution in [1.29, 1.82) is 0 Å². The van der Waals surface area contributed by atoms with Crippen LogP contribution in [0.15, 0.2) is 103 Å². The maximum Gasteiger partial charge on any atom is 0.407 e. The van der Waals surface area contributed by atoms with Crippen LogP contribution in [0.2, 0.25) is 18.1 Å². The summed E-state index contributed by atoms with van der Waals surface area (Å²) in [6.07, 6.45) is -0.947. The molecule has 2 amide bonds. The fourth-order valence-corrected chi connectivity index (χ4v) is 7.53. The van der Waals surface area contributed by atoms with Crippen molar-refractivity contribution in [3.05, 3.63) is 120 Å². The molecule has 0 saturated carbocycles. The second-order valence-corrected chi connectivity index (χ2v) is 20.9. The molecule has 0 bridgehead atoms. The highest BCUT2D eigenvalue weighted by Crippen LogP contribution is 2.40. The second-order valence-electron chi connectivity index (χ2n) is 16.1. The first-order valence-electron chi connectivity index (χ1n) is 18.3. The predicted octanol–water partition coefficient (Wildman–Crippen LogP) is 9.64. The molecule has 4 rings (SSSR count). The highest BCUT2D eigenvalue weighted by atomic mass is 28.4. The third kappa shape index (κ3) is 12.5. The average molecular weight is 740 g/mol. The van der Waals surface area contributed by atoms with Gasteiger partial charge < -0.3 is 29.6 Å². The summed E-state index contributed by atoms with van der Waals surface area (Å²) in [6, 6.07) is 32.8.